The quantitative estimate of drug-likeness (QED) is 0.897. The Balaban J connectivity index is 2.13. The topological polar surface area (TPSA) is 46.3 Å². The summed E-state index contributed by atoms with van der Waals surface area (Å²) in [5, 5.41) is 0. The van der Waals surface area contributed by atoms with E-state index in [0.717, 1.165) is 24.9 Å². The van der Waals surface area contributed by atoms with Crippen molar-refractivity contribution in [2.75, 3.05) is 13.1 Å². The van der Waals surface area contributed by atoms with Gasteiger partial charge in [0.25, 0.3) is 0 Å². The minimum absolute atomic E-state index is 0.0739. The Bertz CT molecular complexity index is 432. The molecule has 1 amide bonds. The van der Waals surface area contributed by atoms with E-state index in [1.807, 2.05) is 37.3 Å². The predicted molar refractivity (Wildman–Crippen MR) is 82.4 cm³/mol. The van der Waals surface area contributed by atoms with E-state index in [9.17, 15) is 4.79 Å². The van der Waals surface area contributed by atoms with Crippen molar-refractivity contribution in [2.24, 2.45) is 11.7 Å². The van der Waals surface area contributed by atoms with Crippen molar-refractivity contribution < 1.29 is 4.79 Å². The van der Waals surface area contributed by atoms with E-state index in [1.54, 1.807) is 0 Å². The summed E-state index contributed by atoms with van der Waals surface area (Å²) in [6.07, 6.45) is 3.45. The Morgan fingerprint density at radius 3 is 2.65 bits per heavy atom. The van der Waals surface area contributed by atoms with E-state index >= 15 is 0 Å². The van der Waals surface area contributed by atoms with E-state index in [4.69, 9.17) is 5.73 Å². The molecule has 0 saturated heterocycles. The lowest BCUT2D eigenvalue weighted by Crippen LogP contribution is -2.45. The van der Waals surface area contributed by atoms with E-state index in [-0.39, 0.29) is 11.8 Å². The maximum Gasteiger partial charge on any atom is 0.230 e. The van der Waals surface area contributed by atoms with Gasteiger partial charge in [-0.3, -0.25) is 4.79 Å². The lowest BCUT2D eigenvalue weighted by atomic mass is 9.96. The molecule has 0 radical (unpaired) electrons. The molecule has 0 spiro atoms. The summed E-state index contributed by atoms with van der Waals surface area (Å²) in [6, 6.07) is 10.4. The van der Waals surface area contributed by atoms with Gasteiger partial charge in [-0.1, -0.05) is 36.8 Å². The van der Waals surface area contributed by atoms with Gasteiger partial charge in [-0.25, -0.2) is 0 Å². The van der Waals surface area contributed by atoms with Gasteiger partial charge in [-0.05, 0) is 44.7 Å². The number of nitrogens with zero attached hydrogens (tertiary/aromatic N) is 1. The third-order valence-corrected chi connectivity index (χ3v) is 4.62. The first-order valence-corrected chi connectivity index (χ1v) is 7.74. The monoisotopic (exact) mass is 274 g/mol. The summed E-state index contributed by atoms with van der Waals surface area (Å²) in [7, 11) is 0. The second-order valence-electron chi connectivity index (χ2n) is 5.75. The van der Waals surface area contributed by atoms with Gasteiger partial charge < -0.3 is 10.6 Å². The fraction of sp³-hybridized carbons (Fsp3) is 0.588. The van der Waals surface area contributed by atoms with Gasteiger partial charge in [-0.15, -0.1) is 0 Å². The highest BCUT2D eigenvalue weighted by Crippen LogP contribution is 2.31. The molecule has 1 aliphatic rings. The molecule has 110 valence electrons. The second kappa shape index (κ2) is 6.89. The maximum absolute atomic E-state index is 12.8. The van der Waals surface area contributed by atoms with Gasteiger partial charge in [0.05, 0.1) is 5.92 Å². The zero-order valence-corrected chi connectivity index (χ0v) is 12.6. The van der Waals surface area contributed by atoms with Gasteiger partial charge in [-0.2, -0.15) is 0 Å². The molecule has 3 atom stereocenters. The van der Waals surface area contributed by atoms with Crippen LogP contribution in [0.4, 0.5) is 0 Å². The van der Waals surface area contributed by atoms with Crippen LogP contribution in [0.2, 0.25) is 0 Å². The Hall–Kier alpha value is -1.35. The molecule has 3 heteroatoms. The number of nitrogens with two attached hydrogens (primary N) is 1. The molecular formula is C17H26N2O. The van der Waals surface area contributed by atoms with E-state index in [0.29, 0.717) is 18.5 Å². The second-order valence-corrected chi connectivity index (χ2v) is 5.75. The van der Waals surface area contributed by atoms with Crippen molar-refractivity contribution in [1.29, 1.82) is 0 Å². The van der Waals surface area contributed by atoms with Gasteiger partial charge in [0.15, 0.2) is 0 Å². The average Bonchev–Trinajstić information content (AvgIpc) is 2.96. The Labute approximate surface area is 122 Å². The average molecular weight is 274 g/mol. The molecule has 1 aromatic rings. The Morgan fingerprint density at radius 1 is 1.35 bits per heavy atom. The lowest BCUT2D eigenvalue weighted by molar-refractivity contribution is -0.135. The van der Waals surface area contributed by atoms with Gasteiger partial charge in [0.1, 0.15) is 0 Å². The van der Waals surface area contributed by atoms with Crippen molar-refractivity contribution >= 4 is 5.91 Å². The number of amides is 1. The number of benzene rings is 1. The van der Waals surface area contributed by atoms with E-state index in [1.165, 1.54) is 6.42 Å². The molecule has 0 heterocycles. The predicted octanol–water partition coefficient (Wildman–Crippen LogP) is 2.77. The highest BCUT2D eigenvalue weighted by atomic mass is 16.2. The fourth-order valence-electron chi connectivity index (χ4n) is 3.39. The summed E-state index contributed by atoms with van der Waals surface area (Å²) >= 11 is 0. The first kappa shape index (κ1) is 15.0. The molecule has 2 N–H and O–H groups in total. The molecular weight excluding hydrogens is 248 g/mol. The first-order valence-electron chi connectivity index (χ1n) is 7.74. The number of rotatable bonds is 5. The van der Waals surface area contributed by atoms with Crippen LogP contribution >= 0.6 is 0 Å². The highest BCUT2D eigenvalue weighted by molar-refractivity contribution is 5.83. The third-order valence-electron chi connectivity index (χ3n) is 4.62. The summed E-state index contributed by atoms with van der Waals surface area (Å²) in [5.74, 6) is 0.640. The summed E-state index contributed by atoms with van der Waals surface area (Å²) in [5.41, 5.74) is 6.96. The molecule has 1 saturated carbocycles. The van der Waals surface area contributed by atoms with Crippen LogP contribution < -0.4 is 5.73 Å². The van der Waals surface area contributed by atoms with Crippen LogP contribution in [-0.2, 0) is 4.79 Å². The summed E-state index contributed by atoms with van der Waals surface area (Å²) < 4.78 is 0. The maximum atomic E-state index is 12.8. The molecule has 0 aliphatic heterocycles. The van der Waals surface area contributed by atoms with Crippen LogP contribution in [0.1, 0.15) is 44.6 Å². The zero-order valence-electron chi connectivity index (χ0n) is 12.6. The largest absolute Gasteiger partial charge is 0.339 e. The van der Waals surface area contributed by atoms with Crippen molar-refractivity contribution in [3.63, 3.8) is 0 Å². The first-order chi connectivity index (χ1) is 9.69. The number of carbonyl (C=O) groups is 1. The van der Waals surface area contributed by atoms with Crippen molar-refractivity contribution in [2.45, 2.75) is 45.1 Å². The van der Waals surface area contributed by atoms with Crippen LogP contribution in [-0.4, -0.2) is 29.9 Å². The molecule has 0 aromatic heterocycles. The molecule has 1 fully saturated rings. The van der Waals surface area contributed by atoms with Crippen LogP contribution in [0.5, 0.6) is 0 Å². The zero-order chi connectivity index (χ0) is 14.5. The minimum Gasteiger partial charge on any atom is -0.339 e. The number of hydrogen-bond donors (Lipinski definition) is 1. The summed E-state index contributed by atoms with van der Waals surface area (Å²) in [6.45, 7) is 5.54. The standard InChI is InChI=1S/C17H26N2O/c1-3-19(16-11-7-10-15(16)12-18)17(20)13(2)14-8-5-4-6-9-14/h4-6,8-9,13,15-16H,3,7,10-12,18H2,1-2H3. The summed E-state index contributed by atoms with van der Waals surface area (Å²) in [4.78, 5) is 14.9. The van der Waals surface area contributed by atoms with Crippen molar-refractivity contribution in [1.82, 2.24) is 4.90 Å². The molecule has 0 bridgehead atoms. The van der Waals surface area contributed by atoms with Crippen LogP contribution in [0.3, 0.4) is 0 Å². The van der Waals surface area contributed by atoms with Crippen LogP contribution in [0.25, 0.3) is 0 Å². The SMILES string of the molecule is CCN(C(=O)C(C)c1ccccc1)C1CCCC1CN. The molecule has 2 rings (SSSR count). The number of carbonyl (C=O) groups excluding carboxylic acids is 1. The van der Waals surface area contributed by atoms with Gasteiger partial charge in [0.2, 0.25) is 5.91 Å². The number of hydrogen-bond acceptors (Lipinski definition) is 2. The highest BCUT2D eigenvalue weighted by Gasteiger charge is 2.34. The molecule has 3 nitrogen and oxygen atoms in total. The Morgan fingerprint density at radius 2 is 2.05 bits per heavy atom. The van der Waals surface area contributed by atoms with Crippen LogP contribution in [0.15, 0.2) is 30.3 Å². The normalized spacial score (nSPS) is 23.6. The minimum atomic E-state index is -0.0739. The fourth-order valence-corrected chi connectivity index (χ4v) is 3.39. The Kier molecular flexibility index (Phi) is 5.18. The van der Waals surface area contributed by atoms with E-state index < -0.39 is 0 Å². The van der Waals surface area contributed by atoms with Crippen molar-refractivity contribution in [3.8, 4) is 0 Å². The van der Waals surface area contributed by atoms with Gasteiger partial charge >= 0.3 is 0 Å². The van der Waals surface area contributed by atoms with Crippen LogP contribution in [0, 0.1) is 5.92 Å². The third kappa shape index (κ3) is 3.04. The van der Waals surface area contributed by atoms with E-state index in [2.05, 4.69) is 11.8 Å². The van der Waals surface area contributed by atoms with Crippen molar-refractivity contribution in [3.05, 3.63) is 35.9 Å². The molecule has 20 heavy (non-hydrogen) atoms. The molecule has 1 aliphatic carbocycles. The van der Waals surface area contributed by atoms with Gasteiger partial charge in [0, 0.05) is 12.6 Å². The molecule has 1 aromatic carbocycles. The number of likely N-dealkylation sites (N-methyl/N-ethyl adjacent to an activating group) is 1. The smallest absolute Gasteiger partial charge is 0.230 e. The lowest BCUT2D eigenvalue weighted by Gasteiger charge is -2.34. The molecule has 3 unspecified atom stereocenters.